The average molecular weight is 324 g/mol. The summed E-state index contributed by atoms with van der Waals surface area (Å²) >= 11 is 7.27. The van der Waals surface area contributed by atoms with Crippen LogP contribution in [0.2, 0.25) is 0 Å². The lowest BCUT2D eigenvalue weighted by Crippen LogP contribution is -2.36. The van der Waals surface area contributed by atoms with Crippen molar-refractivity contribution < 1.29 is 13.2 Å². The van der Waals surface area contributed by atoms with Crippen molar-refractivity contribution in [3.63, 3.8) is 0 Å². The highest BCUT2D eigenvalue weighted by Gasteiger charge is 2.39. The predicted molar refractivity (Wildman–Crippen MR) is 77.4 cm³/mol. The quantitative estimate of drug-likeness (QED) is 0.725. The van der Waals surface area contributed by atoms with Crippen LogP contribution in [0.5, 0.6) is 0 Å². The molecular formula is C12H18ClNO3S2. The van der Waals surface area contributed by atoms with Crippen LogP contribution in [0, 0.1) is 6.92 Å². The maximum absolute atomic E-state index is 12.8. The minimum absolute atomic E-state index is 0.127. The van der Waals surface area contributed by atoms with Gasteiger partial charge in [-0.25, -0.2) is 8.42 Å². The smallest absolute Gasteiger partial charge is 0.244 e. The van der Waals surface area contributed by atoms with Gasteiger partial charge in [0.1, 0.15) is 4.90 Å². The van der Waals surface area contributed by atoms with Crippen molar-refractivity contribution in [3.8, 4) is 0 Å². The number of methoxy groups -OCH3 is 1. The van der Waals surface area contributed by atoms with Gasteiger partial charge in [-0.2, -0.15) is 4.31 Å². The van der Waals surface area contributed by atoms with Gasteiger partial charge >= 0.3 is 0 Å². The number of halogens is 1. The zero-order valence-electron chi connectivity index (χ0n) is 11.1. The molecule has 1 aromatic heterocycles. The molecule has 108 valence electrons. The average Bonchev–Trinajstić information content (AvgIpc) is 3.11. The summed E-state index contributed by atoms with van der Waals surface area (Å²) in [4.78, 5) is 1.12. The molecule has 0 unspecified atom stereocenters. The molecule has 0 spiro atoms. The molecule has 19 heavy (non-hydrogen) atoms. The molecular weight excluding hydrogens is 306 g/mol. The van der Waals surface area contributed by atoms with E-state index in [1.807, 2.05) is 12.3 Å². The molecule has 0 N–H and O–H groups in total. The second kappa shape index (κ2) is 6.10. The summed E-state index contributed by atoms with van der Waals surface area (Å²) in [5.74, 6) is 0.232. The number of rotatable bonds is 7. The minimum atomic E-state index is -3.46. The molecule has 1 aromatic rings. The second-order valence-electron chi connectivity index (χ2n) is 4.64. The number of ether oxygens (including phenoxy) is 1. The molecule has 1 saturated carbocycles. The van der Waals surface area contributed by atoms with Crippen LogP contribution in [0.25, 0.3) is 0 Å². The van der Waals surface area contributed by atoms with Gasteiger partial charge in [0.15, 0.2) is 0 Å². The first-order valence-electron chi connectivity index (χ1n) is 6.16. The summed E-state index contributed by atoms with van der Waals surface area (Å²) < 4.78 is 32.2. The van der Waals surface area contributed by atoms with E-state index in [9.17, 15) is 8.42 Å². The molecule has 0 atom stereocenters. The molecule has 0 aliphatic heterocycles. The zero-order chi connectivity index (χ0) is 14.0. The Morgan fingerprint density at radius 1 is 1.53 bits per heavy atom. The molecule has 0 amide bonds. The topological polar surface area (TPSA) is 46.6 Å². The minimum Gasteiger partial charge on any atom is -0.383 e. The monoisotopic (exact) mass is 323 g/mol. The van der Waals surface area contributed by atoms with Crippen molar-refractivity contribution in [1.82, 2.24) is 4.31 Å². The molecule has 0 saturated heterocycles. The van der Waals surface area contributed by atoms with Crippen molar-refractivity contribution in [2.24, 2.45) is 0 Å². The van der Waals surface area contributed by atoms with E-state index in [4.69, 9.17) is 16.3 Å². The van der Waals surface area contributed by atoms with E-state index < -0.39 is 10.0 Å². The van der Waals surface area contributed by atoms with Crippen LogP contribution < -0.4 is 0 Å². The van der Waals surface area contributed by atoms with E-state index >= 15 is 0 Å². The summed E-state index contributed by atoms with van der Waals surface area (Å²) in [6, 6.07) is 0.127. The van der Waals surface area contributed by atoms with Gasteiger partial charge in [-0.15, -0.1) is 22.9 Å². The van der Waals surface area contributed by atoms with Crippen LogP contribution in [0.4, 0.5) is 0 Å². The van der Waals surface area contributed by atoms with E-state index in [0.29, 0.717) is 18.0 Å². The van der Waals surface area contributed by atoms with Crippen molar-refractivity contribution in [1.29, 1.82) is 0 Å². The largest absolute Gasteiger partial charge is 0.383 e. The highest BCUT2D eigenvalue weighted by atomic mass is 35.5. The van der Waals surface area contributed by atoms with Gasteiger partial charge in [-0.3, -0.25) is 0 Å². The standard InChI is InChI=1S/C12H18ClNO3S2/c1-9-8-18-11(7-13)12(9)19(15,16)14(5-6-17-2)10-3-4-10/h8,10H,3-7H2,1-2H3. The Bertz CT molecular complexity index is 537. The van der Waals surface area contributed by atoms with Crippen LogP contribution in [-0.2, 0) is 20.6 Å². The number of thiophene rings is 1. The fourth-order valence-electron chi connectivity index (χ4n) is 2.09. The third kappa shape index (κ3) is 3.13. The summed E-state index contributed by atoms with van der Waals surface area (Å²) in [6.07, 6.45) is 1.87. The van der Waals surface area contributed by atoms with Gasteiger partial charge in [-0.1, -0.05) is 0 Å². The summed E-state index contributed by atoms with van der Waals surface area (Å²) in [6.45, 7) is 2.64. The lowest BCUT2D eigenvalue weighted by molar-refractivity contribution is 0.177. The Labute approximate surface area is 123 Å². The van der Waals surface area contributed by atoms with Crippen molar-refractivity contribution in [3.05, 3.63) is 15.8 Å². The summed E-state index contributed by atoms with van der Waals surface area (Å²) in [7, 11) is -1.88. The number of sulfonamides is 1. The van der Waals surface area contributed by atoms with Gasteiger partial charge in [0.05, 0.1) is 12.5 Å². The van der Waals surface area contributed by atoms with E-state index in [2.05, 4.69) is 0 Å². The lowest BCUT2D eigenvalue weighted by atomic mass is 10.3. The Kier molecular flexibility index (Phi) is 4.89. The SMILES string of the molecule is COCCN(C1CC1)S(=O)(=O)c1c(C)csc1CCl. The molecule has 7 heteroatoms. The first kappa shape index (κ1) is 15.3. The first-order valence-corrected chi connectivity index (χ1v) is 9.01. The number of alkyl halides is 1. The van der Waals surface area contributed by atoms with E-state index in [0.717, 1.165) is 23.3 Å². The van der Waals surface area contributed by atoms with Crippen LogP contribution in [0.15, 0.2) is 10.3 Å². The third-order valence-corrected chi connectivity index (χ3v) is 6.99. The van der Waals surface area contributed by atoms with Gasteiger partial charge in [0.25, 0.3) is 0 Å². The van der Waals surface area contributed by atoms with Crippen LogP contribution in [0.3, 0.4) is 0 Å². The number of aryl methyl sites for hydroxylation is 1. The maximum atomic E-state index is 12.8. The maximum Gasteiger partial charge on any atom is 0.244 e. The second-order valence-corrected chi connectivity index (χ2v) is 7.70. The van der Waals surface area contributed by atoms with Crippen molar-refractivity contribution >= 4 is 33.0 Å². The normalized spacial score (nSPS) is 16.2. The number of hydrogen-bond acceptors (Lipinski definition) is 4. The van der Waals surface area contributed by atoms with Gasteiger partial charge < -0.3 is 4.74 Å². The third-order valence-electron chi connectivity index (χ3n) is 3.15. The predicted octanol–water partition coefficient (Wildman–Crippen LogP) is 2.59. The number of hydrogen-bond donors (Lipinski definition) is 0. The summed E-state index contributed by atoms with van der Waals surface area (Å²) in [5, 5.41) is 1.85. The lowest BCUT2D eigenvalue weighted by Gasteiger charge is -2.22. The Morgan fingerprint density at radius 2 is 2.21 bits per heavy atom. The van der Waals surface area contributed by atoms with Gasteiger partial charge in [0, 0.05) is 24.6 Å². The van der Waals surface area contributed by atoms with Crippen LogP contribution in [0.1, 0.15) is 23.3 Å². The van der Waals surface area contributed by atoms with Crippen molar-refractivity contribution in [2.75, 3.05) is 20.3 Å². The number of nitrogens with zero attached hydrogens (tertiary/aromatic N) is 1. The van der Waals surface area contributed by atoms with E-state index in [1.165, 1.54) is 11.3 Å². The Hall–Kier alpha value is -0.140. The first-order chi connectivity index (χ1) is 9.02. The molecule has 1 fully saturated rings. The fourth-order valence-corrected chi connectivity index (χ4v) is 5.77. The molecule has 0 bridgehead atoms. The zero-order valence-corrected chi connectivity index (χ0v) is 13.4. The Morgan fingerprint density at radius 3 is 2.74 bits per heavy atom. The van der Waals surface area contributed by atoms with Gasteiger partial charge in [-0.05, 0) is 30.7 Å². The summed E-state index contributed by atoms with van der Waals surface area (Å²) in [5.41, 5.74) is 0.781. The molecule has 1 aliphatic rings. The van der Waals surface area contributed by atoms with Crippen LogP contribution >= 0.6 is 22.9 Å². The highest BCUT2D eigenvalue weighted by Crippen LogP contribution is 2.36. The Balaban J connectivity index is 2.35. The molecule has 4 nitrogen and oxygen atoms in total. The molecule has 0 radical (unpaired) electrons. The van der Waals surface area contributed by atoms with Crippen LogP contribution in [-0.4, -0.2) is 39.0 Å². The molecule has 1 aliphatic carbocycles. The van der Waals surface area contributed by atoms with Gasteiger partial charge in [0.2, 0.25) is 10.0 Å². The van der Waals surface area contributed by atoms with E-state index in [1.54, 1.807) is 11.4 Å². The fraction of sp³-hybridized carbons (Fsp3) is 0.667. The molecule has 2 rings (SSSR count). The van der Waals surface area contributed by atoms with E-state index in [-0.39, 0.29) is 11.9 Å². The highest BCUT2D eigenvalue weighted by molar-refractivity contribution is 7.89. The van der Waals surface area contributed by atoms with Crippen molar-refractivity contribution in [2.45, 2.75) is 36.6 Å². The molecule has 1 heterocycles. The molecule has 0 aromatic carbocycles.